The van der Waals surface area contributed by atoms with Crippen LogP contribution in [0.25, 0.3) is 0 Å². The van der Waals surface area contributed by atoms with Crippen LogP contribution in [0.2, 0.25) is 0 Å². The molecule has 0 radical (unpaired) electrons. The second kappa shape index (κ2) is 5.69. The highest BCUT2D eigenvalue weighted by Gasteiger charge is 2.34. The molecule has 5 nitrogen and oxygen atoms in total. The number of alkyl halides is 1. The van der Waals surface area contributed by atoms with Crippen molar-refractivity contribution in [3.8, 4) is 0 Å². The number of hydrogen-bond acceptors (Lipinski definition) is 4. The summed E-state index contributed by atoms with van der Waals surface area (Å²) >= 11 is 5.71. The Balaban J connectivity index is 2.57. The monoisotopic (exact) mass is 306 g/mol. The van der Waals surface area contributed by atoms with Crippen LogP contribution in [0.3, 0.4) is 0 Å². The smallest absolute Gasteiger partial charge is 0.242 e. The van der Waals surface area contributed by atoms with Gasteiger partial charge in [0.05, 0.1) is 0 Å². The van der Waals surface area contributed by atoms with E-state index in [9.17, 15) is 14.4 Å². The zero-order chi connectivity index (χ0) is 15.7. The van der Waals surface area contributed by atoms with Gasteiger partial charge in [0.25, 0.3) is 0 Å². The normalized spacial score (nSPS) is 15.6. The maximum Gasteiger partial charge on any atom is 0.242 e. The van der Waals surface area contributed by atoms with E-state index in [1.807, 2.05) is 0 Å². The predicted molar refractivity (Wildman–Crippen MR) is 79.3 cm³/mol. The average molecular weight is 307 g/mol. The van der Waals surface area contributed by atoms with Crippen molar-refractivity contribution in [2.45, 2.75) is 12.3 Å². The number of nitrogens with zero attached hydrogens (tertiary/aromatic N) is 1. The number of carbonyl (C=O) groups excluding carboxylic acids is 3. The molecule has 1 aromatic carbocycles. The van der Waals surface area contributed by atoms with Gasteiger partial charge < -0.3 is 10.2 Å². The van der Waals surface area contributed by atoms with Gasteiger partial charge in [-0.1, -0.05) is 24.3 Å². The molecular formula is C15H15ClN2O3. The number of ketones is 2. The molecule has 0 aromatic heterocycles. The first-order chi connectivity index (χ1) is 9.84. The van der Waals surface area contributed by atoms with Crippen LogP contribution in [0, 0.1) is 0 Å². The summed E-state index contributed by atoms with van der Waals surface area (Å²) in [7, 11) is 3.29. The van der Waals surface area contributed by atoms with E-state index < -0.39 is 11.3 Å². The molecule has 6 heteroatoms. The van der Waals surface area contributed by atoms with E-state index in [0.717, 1.165) is 0 Å². The summed E-state index contributed by atoms with van der Waals surface area (Å²) < 4.78 is 0. The third-order valence-corrected chi connectivity index (χ3v) is 3.35. The third-order valence-electron chi connectivity index (χ3n) is 3.15. The lowest BCUT2D eigenvalue weighted by atomic mass is 9.90. The summed E-state index contributed by atoms with van der Waals surface area (Å²) in [6.45, 7) is 1.50. The van der Waals surface area contributed by atoms with Gasteiger partial charge in [0.15, 0.2) is 0 Å². The molecule has 2 rings (SSSR count). The topological polar surface area (TPSA) is 66.5 Å². The Labute approximate surface area is 127 Å². The fraction of sp³-hybridized carbons (Fsp3) is 0.267. The summed E-state index contributed by atoms with van der Waals surface area (Å²) in [5.74, 6) is -1.21. The van der Waals surface area contributed by atoms with Crippen molar-refractivity contribution >= 4 is 29.1 Å². The lowest BCUT2D eigenvalue weighted by Crippen LogP contribution is -2.40. The molecule has 1 unspecified atom stereocenters. The van der Waals surface area contributed by atoms with Crippen molar-refractivity contribution in [2.24, 2.45) is 0 Å². The lowest BCUT2D eigenvalue weighted by molar-refractivity contribution is -0.119. The van der Waals surface area contributed by atoms with Gasteiger partial charge >= 0.3 is 0 Å². The van der Waals surface area contributed by atoms with Crippen LogP contribution in [0.5, 0.6) is 0 Å². The summed E-state index contributed by atoms with van der Waals surface area (Å²) in [4.78, 5) is 38.4. The highest BCUT2D eigenvalue weighted by Crippen LogP contribution is 2.26. The Hall–Kier alpha value is -2.14. The number of nitrogens with one attached hydrogen (secondary N) is 1. The Bertz CT molecular complexity index is 663. The molecule has 1 amide bonds. The number of halogens is 1. The molecule has 0 fully saturated rings. The van der Waals surface area contributed by atoms with Gasteiger partial charge in [0.2, 0.25) is 17.5 Å². The number of amides is 1. The SMILES string of the molecule is CC(Cl)C(=O)NC1=C(N(C)C)C(=O)c2ccccc2C1=O. The van der Waals surface area contributed by atoms with E-state index in [0.29, 0.717) is 5.56 Å². The molecule has 0 spiro atoms. The van der Waals surface area contributed by atoms with Crippen molar-refractivity contribution in [1.29, 1.82) is 0 Å². The standard InChI is InChI=1S/C15H15ClN2O3/c1-8(16)15(21)17-11-12(18(2)3)14(20)10-7-5-4-6-9(10)13(11)19/h4-8H,1-3H3,(H,17,21). The largest absolute Gasteiger partial charge is 0.373 e. The summed E-state index contributed by atoms with van der Waals surface area (Å²) in [5, 5.41) is 1.66. The quantitative estimate of drug-likeness (QED) is 0.861. The Morgan fingerprint density at radius 2 is 1.67 bits per heavy atom. The van der Waals surface area contributed by atoms with Crippen molar-refractivity contribution in [1.82, 2.24) is 10.2 Å². The molecule has 0 saturated carbocycles. The molecule has 0 heterocycles. The van der Waals surface area contributed by atoms with Crippen LogP contribution in [0.15, 0.2) is 35.7 Å². The minimum atomic E-state index is -0.805. The van der Waals surface area contributed by atoms with E-state index in [1.165, 1.54) is 11.8 Å². The van der Waals surface area contributed by atoms with Crippen LogP contribution >= 0.6 is 11.6 Å². The Morgan fingerprint density at radius 1 is 1.14 bits per heavy atom. The number of Topliss-reactive ketones (excluding diaryl/α,β-unsaturated/α-hetero) is 2. The van der Waals surface area contributed by atoms with Crippen molar-refractivity contribution in [3.05, 3.63) is 46.8 Å². The number of likely N-dealkylation sites (N-methyl/N-ethyl adjacent to an activating group) is 1. The van der Waals surface area contributed by atoms with Crippen LogP contribution in [0.4, 0.5) is 0 Å². The molecule has 1 aliphatic rings. The molecule has 0 saturated heterocycles. The fourth-order valence-corrected chi connectivity index (χ4v) is 2.18. The van der Waals surface area contributed by atoms with Crippen LogP contribution in [0.1, 0.15) is 27.6 Å². The van der Waals surface area contributed by atoms with Crippen LogP contribution in [-0.2, 0) is 4.79 Å². The van der Waals surface area contributed by atoms with Crippen molar-refractivity contribution in [3.63, 3.8) is 0 Å². The predicted octanol–water partition coefficient (Wildman–Crippen LogP) is 1.58. The molecule has 0 bridgehead atoms. The number of carbonyl (C=O) groups is 3. The van der Waals surface area contributed by atoms with Gasteiger partial charge in [-0.25, -0.2) is 0 Å². The first kappa shape index (κ1) is 15.3. The zero-order valence-corrected chi connectivity index (χ0v) is 12.7. The number of hydrogen-bond donors (Lipinski definition) is 1. The molecule has 110 valence electrons. The maximum atomic E-state index is 12.5. The average Bonchev–Trinajstić information content (AvgIpc) is 2.44. The molecule has 0 aliphatic heterocycles. The van der Waals surface area contributed by atoms with E-state index in [-0.39, 0.29) is 28.5 Å². The number of rotatable bonds is 3. The highest BCUT2D eigenvalue weighted by atomic mass is 35.5. The molecule has 21 heavy (non-hydrogen) atoms. The Morgan fingerprint density at radius 3 is 2.14 bits per heavy atom. The van der Waals surface area contributed by atoms with Gasteiger partial charge in [-0.2, -0.15) is 0 Å². The van der Waals surface area contributed by atoms with Gasteiger partial charge in [-0.15, -0.1) is 11.6 Å². The second-order valence-corrected chi connectivity index (χ2v) is 5.58. The first-order valence-corrected chi connectivity index (χ1v) is 6.83. The van der Waals surface area contributed by atoms with Gasteiger partial charge in [-0.05, 0) is 6.92 Å². The van der Waals surface area contributed by atoms with E-state index in [2.05, 4.69) is 5.32 Å². The van der Waals surface area contributed by atoms with Crippen LogP contribution in [-0.4, -0.2) is 41.8 Å². The molecule has 1 aromatic rings. The van der Waals surface area contributed by atoms with Gasteiger partial charge in [0, 0.05) is 25.2 Å². The van der Waals surface area contributed by atoms with E-state index in [4.69, 9.17) is 11.6 Å². The van der Waals surface area contributed by atoms with E-state index >= 15 is 0 Å². The minimum Gasteiger partial charge on any atom is -0.373 e. The second-order valence-electron chi connectivity index (χ2n) is 4.93. The van der Waals surface area contributed by atoms with E-state index in [1.54, 1.807) is 38.4 Å². The minimum absolute atomic E-state index is 0.0267. The summed E-state index contributed by atoms with van der Waals surface area (Å²) in [6, 6.07) is 6.54. The summed E-state index contributed by atoms with van der Waals surface area (Å²) in [6.07, 6.45) is 0. The first-order valence-electron chi connectivity index (χ1n) is 6.39. The number of allylic oxidation sites excluding steroid dienone is 2. The van der Waals surface area contributed by atoms with Gasteiger partial charge in [0.1, 0.15) is 16.8 Å². The number of fused-ring (bicyclic) bond motifs is 1. The molecule has 1 N–H and O–H groups in total. The van der Waals surface area contributed by atoms with Crippen molar-refractivity contribution < 1.29 is 14.4 Å². The van der Waals surface area contributed by atoms with Gasteiger partial charge in [-0.3, -0.25) is 14.4 Å². The maximum absolute atomic E-state index is 12.5. The van der Waals surface area contributed by atoms with Crippen molar-refractivity contribution in [2.75, 3.05) is 14.1 Å². The zero-order valence-electron chi connectivity index (χ0n) is 11.9. The highest BCUT2D eigenvalue weighted by molar-refractivity contribution is 6.32. The number of benzene rings is 1. The third kappa shape index (κ3) is 2.69. The molecule has 1 atom stereocenters. The van der Waals surface area contributed by atoms with Crippen LogP contribution < -0.4 is 5.32 Å². The lowest BCUT2D eigenvalue weighted by Gasteiger charge is -2.26. The Kier molecular flexibility index (Phi) is 4.14. The fourth-order valence-electron chi connectivity index (χ4n) is 2.13. The summed E-state index contributed by atoms with van der Waals surface area (Å²) in [5.41, 5.74) is 0.749. The molecule has 1 aliphatic carbocycles. The molecular weight excluding hydrogens is 292 g/mol.